The van der Waals surface area contributed by atoms with Crippen molar-refractivity contribution in [1.82, 2.24) is 0 Å². The number of nitrogens with two attached hydrogens (primary N) is 1. The fourth-order valence-corrected chi connectivity index (χ4v) is 2.73. The number of rotatable bonds is 3. The average Bonchev–Trinajstić information content (AvgIpc) is 2.89. The lowest BCUT2D eigenvalue weighted by atomic mass is 9.94. The Morgan fingerprint density at radius 3 is 2.73 bits per heavy atom. The summed E-state index contributed by atoms with van der Waals surface area (Å²) in [5, 5.41) is 0. The first-order chi connectivity index (χ1) is 7.34. The van der Waals surface area contributed by atoms with Gasteiger partial charge >= 0.3 is 0 Å². The highest BCUT2D eigenvalue weighted by Crippen LogP contribution is 2.48. The summed E-state index contributed by atoms with van der Waals surface area (Å²) in [6.45, 7) is 0.672. The molecule has 0 aromatic heterocycles. The summed E-state index contributed by atoms with van der Waals surface area (Å²) in [5.74, 6) is 5.20. The van der Waals surface area contributed by atoms with Crippen LogP contribution in [-0.2, 0) is 23.1 Å². The molecule has 1 aromatic rings. The molecule has 0 heterocycles. The normalized spacial score (nSPS) is 21.4. The second-order valence-electron chi connectivity index (χ2n) is 4.93. The highest BCUT2D eigenvalue weighted by atomic mass is 16.6. The van der Waals surface area contributed by atoms with Crippen LogP contribution in [-0.4, -0.2) is 6.61 Å². The van der Waals surface area contributed by atoms with Crippen LogP contribution >= 0.6 is 0 Å². The fourth-order valence-electron chi connectivity index (χ4n) is 2.73. The van der Waals surface area contributed by atoms with E-state index in [9.17, 15) is 0 Å². The van der Waals surface area contributed by atoms with Crippen LogP contribution < -0.4 is 5.90 Å². The fraction of sp³-hybridized carbons (Fsp3) is 0.538. The van der Waals surface area contributed by atoms with Gasteiger partial charge in [-0.25, -0.2) is 5.90 Å². The summed E-state index contributed by atoms with van der Waals surface area (Å²) >= 11 is 0. The molecule has 2 aliphatic carbocycles. The molecule has 1 saturated carbocycles. The van der Waals surface area contributed by atoms with Gasteiger partial charge in [0.25, 0.3) is 0 Å². The third kappa shape index (κ3) is 1.48. The van der Waals surface area contributed by atoms with Crippen LogP contribution in [0.3, 0.4) is 0 Å². The van der Waals surface area contributed by atoms with Crippen LogP contribution in [0.5, 0.6) is 0 Å². The predicted molar refractivity (Wildman–Crippen MR) is 59.5 cm³/mol. The smallest absolute Gasteiger partial charge is 0.0775 e. The maximum Gasteiger partial charge on any atom is 0.0775 e. The van der Waals surface area contributed by atoms with Gasteiger partial charge in [-0.1, -0.05) is 18.2 Å². The van der Waals surface area contributed by atoms with E-state index in [-0.39, 0.29) is 5.41 Å². The van der Waals surface area contributed by atoms with Crippen molar-refractivity contribution in [1.29, 1.82) is 0 Å². The van der Waals surface area contributed by atoms with Gasteiger partial charge in [0.15, 0.2) is 0 Å². The molecule has 0 radical (unpaired) electrons. The van der Waals surface area contributed by atoms with E-state index < -0.39 is 0 Å². The molecule has 80 valence electrons. The van der Waals surface area contributed by atoms with Gasteiger partial charge in [0.2, 0.25) is 0 Å². The molecular formula is C13H17NO. The molecule has 0 bridgehead atoms. The Balaban J connectivity index is 1.93. The van der Waals surface area contributed by atoms with Crippen molar-refractivity contribution in [2.24, 2.45) is 5.90 Å². The van der Waals surface area contributed by atoms with Crippen molar-refractivity contribution >= 4 is 0 Å². The van der Waals surface area contributed by atoms with Gasteiger partial charge in [-0.2, -0.15) is 0 Å². The van der Waals surface area contributed by atoms with Crippen LogP contribution in [0.25, 0.3) is 0 Å². The molecule has 2 aliphatic rings. The first kappa shape index (κ1) is 9.37. The van der Waals surface area contributed by atoms with E-state index in [1.54, 1.807) is 11.1 Å². The summed E-state index contributed by atoms with van der Waals surface area (Å²) < 4.78 is 0. The third-order valence-corrected chi connectivity index (χ3v) is 3.92. The van der Waals surface area contributed by atoms with E-state index in [4.69, 9.17) is 10.7 Å². The van der Waals surface area contributed by atoms with Crippen molar-refractivity contribution < 1.29 is 4.84 Å². The van der Waals surface area contributed by atoms with Crippen LogP contribution in [0.1, 0.15) is 36.0 Å². The first-order valence-corrected chi connectivity index (χ1v) is 5.78. The summed E-state index contributed by atoms with van der Waals surface area (Å²) in [6, 6.07) is 6.96. The van der Waals surface area contributed by atoms with Crippen LogP contribution in [0.4, 0.5) is 0 Å². The Bertz CT molecular complexity index is 382. The molecule has 0 saturated heterocycles. The number of hydrogen-bond donors (Lipinski definition) is 1. The van der Waals surface area contributed by atoms with Crippen molar-refractivity contribution in [2.45, 2.75) is 37.5 Å². The van der Waals surface area contributed by atoms with Gasteiger partial charge in [-0.3, -0.25) is 0 Å². The lowest BCUT2D eigenvalue weighted by molar-refractivity contribution is 0.116. The maximum atomic E-state index is 5.20. The minimum absolute atomic E-state index is 0.256. The van der Waals surface area contributed by atoms with E-state index in [0.717, 1.165) is 0 Å². The van der Waals surface area contributed by atoms with Crippen molar-refractivity contribution in [3.05, 3.63) is 34.9 Å². The van der Waals surface area contributed by atoms with E-state index in [0.29, 0.717) is 6.61 Å². The van der Waals surface area contributed by atoms with E-state index >= 15 is 0 Å². The Morgan fingerprint density at radius 1 is 1.20 bits per heavy atom. The van der Waals surface area contributed by atoms with Crippen molar-refractivity contribution in [3.8, 4) is 0 Å². The molecule has 0 amide bonds. The van der Waals surface area contributed by atoms with Crippen LogP contribution in [0.2, 0.25) is 0 Å². The molecule has 1 aromatic carbocycles. The molecule has 1 fully saturated rings. The van der Waals surface area contributed by atoms with Gasteiger partial charge in [-0.05, 0) is 48.8 Å². The molecule has 15 heavy (non-hydrogen) atoms. The summed E-state index contributed by atoms with van der Waals surface area (Å²) in [4.78, 5) is 4.84. The highest BCUT2D eigenvalue weighted by Gasteiger charge is 2.44. The van der Waals surface area contributed by atoms with Gasteiger partial charge in [-0.15, -0.1) is 0 Å². The van der Waals surface area contributed by atoms with E-state index in [2.05, 4.69) is 18.2 Å². The monoisotopic (exact) mass is 203 g/mol. The largest absolute Gasteiger partial charge is 0.304 e. The number of aryl methyl sites for hydroxylation is 2. The van der Waals surface area contributed by atoms with Crippen LogP contribution in [0.15, 0.2) is 18.2 Å². The minimum Gasteiger partial charge on any atom is -0.304 e. The minimum atomic E-state index is 0.256. The molecule has 0 unspecified atom stereocenters. The Morgan fingerprint density at radius 2 is 2.00 bits per heavy atom. The second-order valence-corrected chi connectivity index (χ2v) is 4.93. The van der Waals surface area contributed by atoms with Gasteiger partial charge in [0.1, 0.15) is 0 Å². The predicted octanol–water partition coefficient (Wildman–Crippen LogP) is 2.10. The topological polar surface area (TPSA) is 35.2 Å². The van der Waals surface area contributed by atoms with E-state index in [1.165, 1.54) is 37.7 Å². The van der Waals surface area contributed by atoms with Crippen LogP contribution in [0, 0.1) is 0 Å². The average molecular weight is 203 g/mol. The number of hydrogen-bond acceptors (Lipinski definition) is 2. The number of fused-ring (bicyclic) bond motifs is 1. The molecule has 2 nitrogen and oxygen atoms in total. The quantitative estimate of drug-likeness (QED) is 0.763. The Hall–Kier alpha value is -0.860. The highest BCUT2D eigenvalue weighted by molar-refractivity contribution is 5.41. The Labute approximate surface area is 90.4 Å². The third-order valence-electron chi connectivity index (χ3n) is 3.92. The van der Waals surface area contributed by atoms with Gasteiger partial charge < -0.3 is 4.84 Å². The lowest BCUT2D eigenvalue weighted by Gasteiger charge is -2.15. The molecule has 0 atom stereocenters. The zero-order chi connectivity index (χ0) is 10.3. The van der Waals surface area contributed by atoms with Gasteiger partial charge in [0.05, 0.1) is 6.61 Å². The zero-order valence-corrected chi connectivity index (χ0v) is 8.96. The summed E-state index contributed by atoms with van der Waals surface area (Å²) in [6.07, 6.45) is 6.28. The molecule has 2 heteroatoms. The van der Waals surface area contributed by atoms with E-state index in [1.807, 2.05) is 0 Å². The van der Waals surface area contributed by atoms with Crippen molar-refractivity contribution in [2.75, 3.05) is 6.61 Å². The standard InChI is InChI=1S/C13H17NO/c14-15-9-13(6-7-13)12-5-4-10-2-1-3-11(10)8-12/h4-5,8H,1-3,6-7,9,14H2. The van der Waals surface area contributed by atoms with Gasteiger partial charge in [0, 0.05) is 5.41 Å². The first-order valence-electron chi connectivity index (χ1n) is 5.78. The molecule has 3 rings (SSSR count). The number of benzene rings is 1. The Kier molecular flexibility index (Phi) is 2.08. The molecule has 2 N–H and O–H groups in total. The van der Waals surface area contributed by atoms with Crippen molar-refractivity contribution in [3.63, 3.8) is 0 Å². The molecule has 0 spiro atoms. The summed E-state index contributed by atoms with van der Waals surface area (Å²) in [5.41, 5.74) is 4.79. The lowest BCUT2D eigenvalue weighted by Crippen LogP contribution is -2.18. The molecule has 0 aliphatic heterocycles. The summed E-state index contributed by atoms with van der Waals surface area (Å²) in [7, 11) is 0. The SMILES string of the molecule is NOCC1(c2ccc3c(c2)CCC3)CC1. The second kappa shape index (κ2) is 3.32. The zero-order valence-electron chi connectivity index (χ0n) is 8.96. The molecular weight excluding hydrogens is 186 g/mol. The maximum absolute atomic E-state index is 5.20.